The number of carbonyl (C=O) groups is 2. The number of pyridine rings is 1. The number of amides is 2. The zero-order chi connectivity index (χ0) is 17.8. The molecule has 2 amide bonds. The Labute approximate surface area is 147 Å². The van der Waals surface area contributed by atoms with Crippen molar-refractivity contribution in [2.24, 2.45) is 0 Å². The van der Waals surface area contributed by atoms with Crippen LogP contribution in [0.15, 0.2) is 18.3 Å². The van der Waals surface area contributed by atoms with Gasteiger partial charge in [-0.1, -0.05) is 0 Å². The van der Waals surface area contributed by atoms with Gasteiger partial charge in [0.2, 0.25) is 11.8 Å². The van der Waals surface area contributed by atoms with E-state index in [-0.39, 0.29) is 24.0 Å². The summed E-state index contributed by atoms with van der Waals surface area (Å²) >= 11 is 0. The molecule has 2 saturated heterocycles. The lowest BCUT2D eigenvalue weighted by Gasteiger charge is -2.32. The number of rotatable bonds is 4. The monoisotopic (exact) mass is 347 g/mol. The summed E-state index contributed by atoms with van der Waals surface area (Å²) in [6.45, 7) is 6.77. The number of likely N-dealkylation sites (tertiary alicyclic amines) is 1. The van der Waals surface area contributed by atoms with Crippen LogP contribution in [-0.2, 0) is 9.53 Å². The molecule has 136 valence electrons. The highest BCUT2D eigenvalue weighted by Gasteiger charge is 2.37. The first-order valence-corrected chi connectivity index (χ1v) is 8.86. The number of aromatic nitrogens is 1. The Kier molecular flexibility index (Phi) is 5.53. The maximum atomic E-state index is 12.8. The Balaban J connectivity index is 1.68. The predicted octanol–water partition coefficient (Wildman–Crippen LogP) is 1.33. The van der Waals surface area contributed by atoms with Gasteiger partial charge >= 0.3 is 0 Å². The standard InChI is InChI=1S/C18H25N3O4/c1-13(2)25-16-6-5-14(12-19-16)17(22)21-7-3-4-15(21)18(23)20-8-10-24-11-9-20/h5-6,12-13,15H,3-4,7-11H2,1-2H3/t15-/m0/s1. The molecule has 0 aliphatic carbocycles. The topological polar surface area (TPSA) is 72.0 Å². The van der Waals surface area contributed by atoms with Gasteiger partial charge in [0.25, 0.3) is 5.91 Å². The average Bonchev–Trinajstić information content (AvgIpc) is 3.11. The van der Waals surface area contributed by atoms with Crippen LogP contribution in [-0.4, -0.2) is 71.6 Å². The summed E-state index contributed by atoms with van der Waals surface area (Å²) < 4.78 is 10.8. The molecular formula is C18H25N3O4. The molecule has 0 spiro atoms. The van der Waals surface area contributed by atoms with Crippen LogP contribution in [0.4, 0.5) is 0 Å². The first kappa shape index (κ1) is 17.7. The summed E-state index contributed by atoms with van der Waals surface area (Å²) in [4.78, 5) is 33.3. The minimum atomic E-state index is -0.378. The second kappa shape index (κ2) is 7.82. The van der Waals surface area contributed by atoms with Crippen LogP contribution >= 0.6 is 0 Å². The summed E-state index contributed by atoms with van der Waals surface area (Å²) in [5.74, 6) is 0.378. The Morgan fingerprint density at radius 3 is 2.64 bits per heavy atom. The van der Waals surface area contributed by atoms with Crippen molar-refractivity contribution in [3.8, 4) is 5.88 Å². The van der Waals surface area contributed by atoms with Crippen LogP contribution < -0.4 is 4.74 Å². The summed E-state index contributed by atoms with van der Waals surface area (Å²) in [5, 5.41) is 0. The molecule has 2 aliphatic heterocycles. The molecule has 0 radical (unpaired) electrons. The summed E-state index contributed by atoms with van der Waals surface area (Å²) in [5.41, 5.74) is 0.484. The lowest BCUT2D eigenvalue weighted by Crippen LogP contribution is -2.51. The molecule has 2 fully saturated rings. The first-order chi connectivity index (χ1) is 12.1. The Morgan fingerprint density at radius 1 is 1.24 bits per heavy atom. The second-order valence-electron chi connectivity index (χ2n) is 6.65. The van der Waals surface area contributed by atoms with Gasteiger partial charge in [0.15, 0.2) is 0 Å². The van der Waals surface area contributed by atoms with E-state index in [0.29, 0.717) is 50.7 Å². The highest BCUT2D eigenvalue weighted by Crippen LogP contribution is 2.23. The van der Waals surface area contributed by atoms with Gasteiger partial charge in [-0.2, -0.15) is 0 Å². The minimum absolute atomic E-state index is 0.0295. The third kappa shape index (κ3) is 4.10. The fourth-order valence-corrected chi connectivity index (χ4v) is 3.24. The van der Waals surface area contributed by atoms with E-state index in [1.165, 1.54) is 6.20 Å². The van der Waals surface area contributed by atoms with Crippen LogP contribution in [0.3, 0.4) is 0 Å². The number of nitrogens with zero attached hydrogens (tertiary/aromatic N) is 3. The fraction of sp³-hybridized carbons (Fsp3) is 0.611. The van der Waals surface area contributed by atoms with E-state index in [0.717, 1.165) is 6.42 Å². The van der Waals surface area contributed by atoms with E-state index >= 15 is 0 Å². The van der Waals surface area contributed by atoms with Gasteiger partial charge in [0, 0.05) is 31.9 Å². The SMILES string of the molecule is CC(C)Oc1ccc(C(=O)N2CCC[C@H]2C(=O)N2CCOCC2)cn1. The van der Waals surface area contributed by atoms with E-state index in [9.17, 15) is 9.59 Å². The molecule has 7 nitrogen and oxygen atoms in total. The molecule has 25 heavy (non-hydrogen) atoms. The first-order valence-electron chi connectivity index (χ1n) is 8.86. The van der Waals surface area contributed by atoms with E-state index in [4.69, 9.17) is 9.47 Å². The van der Waals surface area contributed by atoms with E-state index < -0.39 is 0 Å². The molecule has 3 heterocycles. The van der Waals surface area contributed by atoms with Crippen molar-refractivity contribution in [2.45, 2.75) is 38.8 Å². The van der Waals surface area contributed by atoms with Crippen LogP contribution in [0.2, 0.25) is 0 Å². The van der Waals surface area contributed by atoms with Crippen molar-refractivity contribution in [3.63, 3.8) is 0 Å². The summed E-state index contributed by atoms with van der Waals surface area (Å²) in [6, 6.07) is 3.03. The maximum Gasteiger partial charge on any atom is 0.256 e. The van der Waals surface area contributed by atoms with Gasteiger partial charge in [-0.3, -0.25) is 9.59 Å². The number of morpholine rings is 1. The van der Waals surface area contributed by atoms with Gasteiger partial charge in [-0.25, -0.2) is 4.98 Å². The van der Waals surface area contributed by atoms with Crippen molar-refractivity contribution in [3.05, 3.63) is 23.9 Å². The highest BCUT2D eigenvalue weighted by molar-refractivity contribution is 5.97. The molecule has 0 aromatic carbocycles. The normalized spacial score (nSPS) is 20.8. The van der Waals surface area contributed by atoms with Crippen molar-refractivity contribution < 1.29 is 19.1 Å². The van der Waals surface area contributed by atoms with Crippen LogP contribution in [0.25, 0.3) is 0 Å². The van der Waals surface area contributed by atoms with E-state index in [2.05, 4.69) is 4.98 Å². The molecule has 3 rings (SSSR count). The van der Waals surface area contributed by atoms with Crippen molar-refractivity contribution in [1.29, 1.82) is 0 Å². The van der Waals surface area contributed by atoms with E-state index in [1.54, 1.807) is 21.9 Å². The summed E-state index contributed by atoms with van der Waals surface area (Å²) in [6.07, 6.45) is 3.11. The van der Waals surface area contributed by atoms with Gasteiger partial charge in [-0.15, -0.1) is 0 Å². The minimum Gasteiger partial charge on any atom is -0.475 e. The van der Waals surface area contributed by atoms with Crippen molar-refractivity contribution in [1.82, 2.24) is 14.8 Å². The smallest absolute Gasteiger partial charge is 0.256 e. The van der Waals surface area contributed by atoms with Crippen LogP contribution in [0.1, 0.15) is 37.0 Å². The van der Waals surface area contributed by atoms with Crippen LogP contribution in [0, 0.1) is 0 Å². The predicted molar refractivity (Wildman–Crippen MR) is 91.5 cm³/mol. The number of hydrogen-bond donors (Lipinski definition) is 0. The Morgan fingerprint density at radius 2 is 2.00 bits per heavy atom. The number of hydrogen-bond acceptors (Lipinski definition) is 5. The molecule has 1 aromatic rings. The third-order valence-corrected chi connectivity index (χ3v) is 4.46. The lowest BCUT2D eigenvalue weighted by molar-refractivity contribution is -0.139. The molecular weight excluding hydrogens is 322 g/mol. The highest BCUT2D eigenvalue weighted by atomic mass is 16.5. The zero-order valence-electron chi connectivity index (χ0n) is 14.8. The molecule has 0 unspecified atom stereocenters. The largest absolute Gasteiger partial charge is 0.475 e. The zero-order valence-corrected chi connectivity index (χ0v) is 14.8. The van der Waals surface area contributed by atoms with Crippen molar-refractivity contribution in [2.75, 3.05) is 32.8 Å². The molecule has 1 atom stereocenters. The lowest BCUT2D eigenvalue weighted by atomic mass is 10.1. The molecule has 2 aliphatic rings. The summed E-state index contributed by atoms with van der Waals surface area (Å²) in [7, 11) is 0. The maximum absolute atomic E-state index is 12.8. The van der Waals surface area contributed by atoms with E-state index in [1.807, 2.05) is 13.8 Å². The quantitative estimate of drug-likeness (QED) is 0.822. The molecule has 0 saturated carbocycles. The van der Waals surface area contributed by atoms with Crippen LogP contribution in [0.5, 0.6) is 5.88 Å². The van der Waals surface area contributed by atoms with Gasteiger partial charge < -0.3 is 19.3 Å². The average molecular weight is 347 g/mol. The van der Waals surface area contributed by atoms with Crippen molar-refractivity contribution >= 4 is 11.8 Å². The van der Waals surface area contributed by atoms with Gasteiger partial charge in [-0.05, 0) is 32.8 Å². The van der Waals surface area contributed by atoms with Gasteiger partial charge in [0.1, 0.15) is 6.04 Å². The van der Waals surface area contributed by atoms with Gasteiger partial charge in [0.05, 0.1) is 24.9 Å². The molecule has 7 heteroatoms. The third-order valence-electron chi connectivity index (χ3n) is 4.46. The Bertz CT molecular complexity index is 611. The molecule has 0 bridgehead atoms. The number of carbonyl (C=O) groups excluding carboxylic acids is 2. The molecule has 1 aromatic heterocycles. The molecule has 0 N–H and O–H groups in total. The second-order valence-corrected chi connectivity index (χ2v) is 6.65. The number of ether oxygens (including phenoxy) is 2. The fourth-order valence-electron chi connectivity index (χ4n) is 3.24. The Hall–Kier alpha value is -2.15.